The highest BCUT2D eigenvalue weighted by Gasteiger charge is 2.16. The Labute approximate surface area is 143 Å². The van der Waals surface area contributed by atoms with E-state index in [1.807, 2.05) is 59.2 Å². The number of halogens is 1. The number of aromatic nitrogens is 3. The molecule has 0 aliphatic heterocycles. The number of thioether (sulfide) groups is 1. The minimum atomic E-state index is 0.148. The normalized spacial score (nSPS) is 12.3. The number of benzene rings is 2. The van der Waals surface area contributed by atoms with Crippen molar-refractivity contribution < 1.29 is 0 Å². The third kappa shape index (κ3) is 3.27. The highest BCUT2D eigenvalue weighted by molar-refractivity contribution is 7.99. The van der Waals surface area contributed by atoms with Crippen LogP contribution in [0, 0.1) is 4.77 Å². The van der Waals surface area contributed by atoms with E-state index in [4.69, 9.17) is 23.8 Å². The minimum Gasteiger partial charge on any atom is -0.271 e. The maximum Gasteiger partial charge on any atom is 0.199 e. The first-order chi connectivity index (χ1) is 10.6. The van der Waals surface area contributed by atoms with Crippen LogP contribution in [0.3, 0.4) is 0 Å². The van der Waals surface area contributed by atoms with Crippen LogP contribution in [0.1, 0.15) is 18.0 Å². The van der Waals surface area contributed by atoms with E-state index in [-0.39, 0.29) is 5.25 Å². The molecule has 0 fully saturated rings. The summed E-state index contributed by atoms with van der Waals surface area (Å²) in [6, 6.07) is 17.8. The fraction of sp³-hybridized carbons (Fsp3) is 0.125. The van der Waals surface area contributed by atoms with Crippen molar-refractivity contribution in [2.24, 2.45) is 0 Å². The third-order valence-electron chi connectivity index (χ3n) is 3.20. The van der Waals surface area contributed by atoms with Crippen LogP contribution in [0.2, 0.25) is 5.02 Å². The lowest BCUT2D eigenvalue weighted by atomic mass is 10.3. The first-order valence-electron chi connectivity index (χ1n) is 6.80. The lowest BCUT2D eigenvalue weighted by Gasteiger charge is -2.13. The van der Waals surface area contributed by atoms with Crippen LogP contribution in [-0.2, 0) is 0 Å². The predicted molar refractivity (Wildman–Crippen MR) is 94.5 cm³/mol. The number of nitrogens with one attached hydrogen (secondary N) is 1. The molecule has 0 spiro atoms. The van der Waals surface area contributed by atoms with Gasteiger partial charge in [-0.15, -0.1) is 11.8 Å². The molecular weight excluding hydrogens is 334 g/mol. The van der Waals surface area contributed by atoms with Gasteiger partial charge in [-0.1, -0.05) is 29.8 Å². The molecule has 1 heterocycles. The second kappa shape index (κ2) is 6.69. The maximum atomic E-state index is 5.93. The summed E-state index contributed by atoms with van der Waals surface area (Å²) in [7, 11) is 0. The molecule has 3 nitrogen and oxygen atoms in total. The van der Waals surface area contributed by atoms with Gasteiger partial charge in [-0.25, -0.2) is 0 Å². The highest BCUT2D eigenvalue weighted by Crippen LogP contribution is 2.35. The van der Waals surface area contributed by atoms with Crippen LogP contribution < -0.4 is 0 Å². The largest absolute Gasteiger partial charge is 0.271 e. The standard InChI is InChI=1S/C16H14ClN3S2/c1-11(22-14-9-7-12(17)8-10-14)15-18-19-16(21)20(15)13-5-3-2-4-6-13/h2-11H,1H3,(H,19,21)/t11-/m1/s1. The molecule has 1 N–H and O–H groups in total. The molecule has 2 aromatic carbocycles. The molecule has 3 rings (SSSR count). The third-order valence-corrected chi connectivity index (χ3v) is 4.84. The SMILES string of the molecule is C[C@@H](Sc1ccc(Cl)cc1)c1n[nH]c(=S)n1-c1ccccc1. The molecular formula is C16H14ClN3S2. The van der Waals surface area contributed by atoms with Crippen molar-refractivity contribution >= 4 is 35.6 Å². The molecule has 0 aliphatic carbocycles. The maximum absolute atomic E-state index is 5.93. The monoisotopic (exact) mass is 347 g/mol. The minimum absolute atomic E-state index is 0.148. The zero-order valence-electron chi connectivity index (χ0n) is 11.9. The van der Waals surface area contributed by atoms with Gasteiger partial charge < -0.3 is 0 Å². The van der Waals surface area contributed by atoms with Crippen molar-refractivity contribution in [1.82, 2.24) is 14.8 Å². The molecule has 0 radical (unpaired) electrons. The van der Waals surface area contributed by atoms with E-state index in [1.165, 1.54) is 0 Å². The van der Waals surface area contributed by atoms with Gasteiger partial charge in [0.2, 0.25) is 0 Å². The topological polar surface area (TPSA) is 33.6 Å². The Morgan fingerprint density at radius 3 is 2.50 bits per heavy atom. The summed E-state index contributed by atoms with van der Waals surface area (Å²) >= 11 is 13.0. The summed E-state index contributed by atoms with van der Waals surface area (Å²) in [5.74, 6) is 0.899. The Balaban J connectivity index is 1.92. The number of hydrogen-bond acceptors (Lipinski definition) is 3. The van der Waals surface area contributed by atoms with E-state index in [0.717, 1.165) is 21.4 Å². The van der Waals surface area contributed by atoms with Crippen LogP contribution in [-0.4, -0.2) is 14.8 Å². The summed E-state index contributed by atoms with van der Waals surface area (Å²) < 4.78 is 2.58. The van der Waals surface area contributed by atoms with Gasteiger partial charge in [0.15, 0.2) is 4.77 Å². The van der Waals surface area contributed by atoms with Crippen LogP contribution in [0.4, 0.5) is 0 Å². The fourth-order valence-electron chi connectivity index (χ4n) is 2.18. The van der Waals surface area contributed by atoms with Gasteiger partial charge >= 0.3 is 0 Å². The Kier molecular flexibility index (Phi) is 4.66. The second-order valence-corrected chi connectivity index (χ2v) is 7.01. The van der Waals surface area contributed by atoms with Gasteiger partial charge in [-0.05, 0) is 55.5 Å². The lowest BCUT2D eigenvalue weighted by Crippen LogP contribution is -2.03. The molecule has 0 aliphatic rings. The van der Waals surface area contributed by atoms with Crippen molar-refractivity contribution in [3.63, 3.8) is 0 Å². The van der Waals surface area contributed by atoms with Gasteiger partial charge in [0, 0.05) is 15.6 Å². The molecule has 112 valence electrons. The Morgan fingerprint density at radius 1 is 1.14 bits per heavy atom. The number of rotatable bonds is 4. The number of para-hydroxylation sites is 1. The molecule has 0 saturated carbocycles. The Morgan fingerprint density at radius 2 is 1.82 bits per heavy atom. The zero-order chi connectivity index (χ0) is 15.5. The van der Waals surface area contributed by atoms with Crippen LogP contribution in [0.15, 0.2) is 59.5 Å². The molecule has 1 atom stereocenters. The zero-order valence-corrected chi connectivity index (χ0v) is 14.3. The average molecular weight is 348 g/mol. The van der Waals surface area contributed by atoms with E-state index in [0.29, 0.717) is 4.77 Å². The molecule has 1 aromatic heterocycles. The van der Waals surface area contributed by atoms with E-state index in [1.54, 1.807) is 11.8 Å². The number of nitrogens with zero attached hydrogens (tertiary/aromatic N) is 2. The lowest BCUT2D eigenvalue weighted by molar-refractivity contribution is 0.864. The molecule has 3 aromatic rings. The summed E-state index contributed by atoms with van der Waals surface area (Å²) in [4.78, 5) is 1.14. The van der Waals surface area contributed by atoms with Gasteiger partial charge in [0.05, 0.1) is 5.25 Å². The van der Waals surface area contributed by atoms with E-state index in [9.17, 15) is 0 Å². The molecule has 0 amide bonds. The molecule has 22 heavy (non-hydrogen) atoms. The Bertz CT molecular complexity index is 809. The van der Waals surface area contributed by atoms with Crippen molar-refractivity contribution in [1.29, 1.82) is 0 Å². The molecule has 0 unspecified atom stereocenters. The van der Waals surface area contributed by atoms with Crippen LogP contribution in [0.25, 0.3) is 5.69 Å². The molecule has 0 bridgehead atoms. The second-order valence-electron chi connectivity index (χ2n) is 4.77. The van der Waals surface area contributed by atoms with Crippen molar-refractivity contribution in [2.45, 2.75) is 17.1 Å². The van der Waals surface area contributed by atoms with E-state index in [2.05, 4.69) is 17.1 Å². The van der Waals surface area contributed by atoms with Crippen LogP contribution in [0.5, 0.6) is 0 Å². The van der Waals surface area contributed by atoms with Crippen molar-refractivity contribution in [3.8, 4) is 5.69 Å². The van der Waals surface area contributed by atoms with Crippen LogP contribution >= 0.6 is 35.6 Å². The first kappa shape index (κ1) is 15.3. The van der Waals surface area contributed by atoms with E-state index >= 15 is 0 Å². The molecule has 6 heteroatoms. The summed E-state index contributed by atoms with van der Waals surface area (Å²) in [5.41, 5.74) is 1.01. The highest BCUT2D eigenvalue weighted by atomic mass is 35.5. The summed E-state index contributed by atoms with van der Waals surface area (Å²) in [5, 5.41) is 8.18. The van der Waals surface area contributed by atoms with Gasteiger partial charge in [-0.3, -0.25) is 9.67 Å². The smallest absolute Gasteiger partial charge is 0.199 e. The van der Waals surface area contributed by atoms with Gasteiger partial charge in [-0.2, -0.15) is 5.10 Å². The van der Waals surface area contributed by atoms with Gasteiger partial charge in [0.1, 0.15) is 5.82 Å². The number of aromatic amines is 1. The molecule has 0 saturated heterocycles. The van der Waals surface area contributed by atoms with Crippen molar-refractivity contribution in [2.75, 3.05) is 0 Å². The Hall–Kier alpha value is -1.56. The number of hydrogen-bond donors (Lipinski definition) is 1. The first-order valence-corrected chi connectivity index (χ1v) is 8.46. The number of H-pyrrole nitrogens is 1. The summed E-state index contributed by atoms with van der Waals surface area (Å²) in [6.45, 7) is 2.11. The quantitative estimate of drug-likeness (QED) is 0.504. The average Bonchev–Trinajstić information content (AvgIpc) is 2.92. The van der Waals surface area contributed by atoms with Crippen molar-refractivity contribution in [3.05, 3.63) is 70.2 Å². The predicted octanol–water partition coefficient (Wildman–Crippen LogP) is 5.44. The van der Waals surface area contributed by atoms with E-state index < -0.39 is 0 Å². The van der Waals surface area contributed by atoms with Gasteiger partial charge in [0.25, 0.3) is 0 Å². The fourth-order valence-corrected chi connectivity index (χ4v) is 3.51. The summed E-state index contributed by atoms with van der Waals surface area (Å²) in [6.07, 6.45) is 0.